The molecule has 0 aliphatic heterocycles. The van der Waals surface area contributed by atoms with Gasteiger partial charge in [0.15, 0.2) is 0 Å². The Morgan fingerprint density at radius 3 is 2.94 bits per heavy atom. The lowest BCUT2D eigenvalue weighted by molar-refractivity contribution is 0.0911. The molecule has 2 N–H and O–H groups in total. The number of hydrogen-bond donors (Lipinski definition) is 2. The molecule has 1 amide bonds. The predicted molar refractivity (Wildman–Crippen MR) is 67.9 cm³/mol. The zero-order valence-corrected chi connectivity index (χ0v) is 10.4. The second-order valence-corrected chi connectivity index (χ2v) is 4.86. The Kier molecular flexibility index (Phi) is 2.88. The molecular formula is C13H17N3O. The molecule has 0 atom stereocenters. The molecule has 1 aromatic carbocycles. The number of hydrogen-bond acceptors (Lipinski definition) is 2. The van der Waals surface area contributed by atoms with Gasteiger partial charge in [0.2, 0.25) is 0 Å². The van der Waals surface area contributed by atoms with Gasteiger partial charge in [-0.2, -0.15) is 5.10 Å². The minimum Gasteiger partial charge on any atom is -0.347 e. The average Bonchev–Trinajstić information content (AvgIpc) is 2.75. The summed E-state index contributed by atoms with van der Waals surface area (Å²) in [5, 5.41) is 10.8. The Morgan fingerprint density at radius 2 is 2.24 bits per heavy atom. The van der Waals surface area contributed by atoms with Gasteiger partial charge < -0.3 is 5.32 Å². The molecule has 0 saturated carbocycles. The minimum atomic E-state index is -0.181. The van der Waals surface area contributed by atoms with Crippen molar-refractivity contribution in [2.45, 2.75) is 32.7 Å². The molecule has 0 unspecified atom stereocenters. The van der Waals surface area contributed by atoms with Gasteiger partial charge in [-0.3, -0.25) is 9.89 Å². The van der Waals surface area contributed by atoms with Crippen molar-refractivity contribution in [2.24, 2.45) is 0 Å². The zero-order chi connectivity index (χ0) is 12.5. The summed E-state index contributed by atoms with van der Waals surface area (Å²) < 4.78 is 0. The molecule has 1 aromatic heterocycles. The van der Waals surface area contributed by atoms with Crippen molar-refractivity contribution >= 4 is 16.8 Å². The Hall–Kier alpha value is -1.84. The first-order valence-electron chi connectivity index (χ1n) is 5.77. The molecule has 0 aliphatic carbocycles. The van der Waals surface area contributed by atoms with Crippen LogP contribution in [0.15, 0.2) is 24.4 Å². The van der Waals surface area contributed by atoms with E-state index in [1.54, 1.807) is 6.20 Å². The number of amides is 1. The van der Waals surface area contributed by atoms with Crippen LogP contribution in [0.1, 0.15) is 37.6 Å². The lowest BCUT2D eigenvalue weighted by atomic mass is 10.0. The highest BCUT2D eigenvalue weighted by Crippen LogP contribution is 2.14. The lowest BCUT2D eigenvalue weighted by Crippen LogP contribution is -2.42. The van der Waals surface area contributed by atoms with Gasteiger partial charge in [0.25, 0.3) is 5.91 Å². The summed E-state index contributed by atoms with van der Waals surface area (Å²) >= 11 is 0. The summed E-state index contributed by atoms with van der Waals surface area (Å²) in [7, 11) is 0. The van der Waals surface area contributed by atoms with E-state index in [1.165, 1.54) is 0 Å². The van der Waals surface area contributed by atoms with Crippen molar-refractivity contribution < 1.29 is 4.79 Å². The van der Waals surface area contributed by atoms with Crippen LogP contribution in [0.25, 0.3) is 10.9 Å². The van der Waals surface area contributed by atoms with E-state index in [9.17, 15) is 4.79 Å². The normalized spacial score (nSPS) is 11.7. The maximum absolute atomic E-state index is 12.0. The van der Waals surface area contributed by atoms with Gasteiger partial charge in [-0.05, 0) is 32.4 Å². The number of benzene rings is 1. The molecule has 2 aromatic rings. The number of carbonyl (C=O) groups is 1. The van der Waals surface area contributed by atoms with Crippen molar-refractivity contribution in [1.29, 1.82) is 0 Å². The molecule has 2 rings (SSSR count). The number of aromatic nitrogens is 2. The molecule has 0 radical (unpaired) electrons. The number of nitrogens with zero attached hydrogens (tertiary/aromatic N) is 1. The molecule has 1 heterocycles. The van der Waals surface area contributed by atoms with Gasteiger partial charge in [0.1, 0.15) is 0 Å². The second-order valence-electron chi connectivity index (χ2n) is 4.86. The SMILES string of the molecule is CCC(C)(C)NC(=O)c1ccc2cn[nH]c2c1. The van der Waals surface area contributed by atoms with E-state index in [4.69, 9.17) is 0 Å². The molecule has 0 spiro atoms. The highest BCUT2D eigenvalue weighted by Gasteiger charge is 2.18. The van der Waals surface area contributed by atoms with Crippen LogP contribution in [0, 0.1) is 0 Å². The van der Waals surface area contributed by atoms with Gasteiger partial charge in [-0.1, -0.05) is 13.0 Å². The first kappa shape index (κ1) is 11.6. The first-order valence-corrected chi connectivity index (χ1v) is 5.77. The molecule has 90 valence electrons. The lowest BCUT2D eigenvalue weighted by Gasteiger charge is -2.24. The first-order chi connectivity index (χ1) is 8.02. The molecule has 0 fully saturated rings. The van der Waals surface area contributed by atoms with Gasteiger partial charge in [-0.15, -0.1) is 0 Å². The molecule has 0 aliphatic rings. The quantitative estimate of drug-likeness (QED) is 0.852. The molecule has 0 saturated heterocycles. The van der Waals surface area contributed by atoms with E-state index in [2.05, 4.69) is 22.4 Å². The highest BCUT2D eigenvalue weighted by molar-refractivity contribution is 5.98. The van der Waals surface area contributed by atoms with Gasteiger partial charge >= 0.3 is 0 Å². The molecule has 4 nitrogen and oxygen atoms in total. The van der Waals surface area contributed by atoms with Gasteiger partial charge in [0, 0.05) is 16.5 Å². The van der Waals surface area contributed by atoms with E-state index in [1.807, 2.05) is 32.0 Å². The number of H-pyrrole nitrogens is 1. The van der Waals surface area contributed by atoms with Crippen molar-refractivity contribution in [1.82, 2.24) is 15.5 Å². The smallest absolute Gasteiger partial charge is 0.251 e. The standard InChI is InChI=1S/C13H17N3O/c1-4-13(2,3)15-12(17)9-5-6-10-8-14-16-11(10)7-9/h5-8H,4H2,1-3H3,(H,14,16)(H,15,17). The van der Waals surface area contributed by atoms with Crippen LogP contribution >= 0.6 is 0 Å². The Balaban J connectivity index is 2.24. The topological polar surface area (TPSA) is 57.8 Å². The van der Waals surface area contributed by atoms with Crippen LogP contribution in [-0.2, 0) is 0 Å². The van der Waals surface area contributed by atoms with E-state index in [-0.39, 0.29) is 11.4 Å². The monoisotopic (exact) mass is 231 g/mol. The summed E-state index contributed by atoms with van der Waals surface area (Å²) in [4.78, 5) is 12.0. The summed E-state index contributed by atoms with van der Waals surface area (Å²) in [6.45, 7) is 6.08. The van der Waals surface area contributed by atoms with Crippen molar-refractivity contribution in [3.05, 3.63) is 30.0 Å². The second kappa shape index (κ2) is 4.20. The van der Waals surface area contributed by atoms with Crippen LogP contribution in [-0.4, -0.2) is 21.6 Å². The highest BCUT2D eigenvalue weighted by atomic mass is 16.1. The fourth-order valence-corrected chi connectivity index (χ4v) is 1.55. The summed E-state index contributed by atoms with van der Waals surface area (Å²) in [6.07, 6.45) is 2.64. The third-order valence-electron chi connectivity index (χ3n) is 3.04. The van der Waals surface area contributed by atoms with Gasteiger partial charge in [0.05, 0.1) is 11.7 Å². The number of rotatable bonds is 3. The fourth-order valence-electron chi connectivity index (χ4n) is 1.55. The van der Waals surface area contributed by atoms with Crippen LogP contribution in [0.3, 0.4) is 0 Å². The van der Waals surface area contributed by atoms with Gasteiger partial charge in [-0.25, -0.2) is 0 Å². The van der Waals surface area contributed by atoms with E-state index >= 15 is 0 Å². The Morgan fingerprint density at radius 1 is 1.47 bits per heavy atom. The third kappa shape index (κ3) is 2.46. The van der Waals surface area contributed by atoms with E-state index in [0.717, 1.165) is 17.3 Å². The van der Waals surface area contributed by atoms with Crippen molar-refractivity contribution in [3.8, 4) is 0 Å². The molecule has 0 bridgehead atoms. The van der Waals surface area contributed by atoms with Crippen LogP contribution < -0.4 is 5.32 Å². The number of nitrogens with one attached hydrogen (secondary N) is 2. The third-order valence-corrected chi connectivity index (χ3v) is 3.04. The minimum absolute atomic E-state index is 0.0478. The van der Waals surface area contributed by atoms with E-state index in [0.29, 0.717) is 5.56 Å². The van der Waals surface area contributed by atoms with E-state index < -0.39 is 0 Å². The predicted octanol–water partition coefficient (Wildman–Crippen LogP) is 2.48. The Bertz CT molecular complexity index is 542. The Labute approximate surface area is 100 Å². The average molecular weight is 231 g/mol. The van der Waals surface area contributed by atoms with Crippen LogP contribution in [0.4, 0.5) is 0 Å². The van der Waals surface area contributed by atoms with Crippen molar-refractivity contribution in [2.75, 3.05) is 0 Å². The maximum Gasteiger partial charge on any atom is 0.251 e. The van der Waals surface area contributed by atoms with Crippen molar-refractivity contribution in [3.63, 3.8) is 0 Å². The summed E-state index contributed by atoms with van der Waals surface area (Å²) in [6, 6.07) is 5.54. The fraction of sp³-hybridized carbons (Fsp3) is 0.385. The summed E-state index contributed by atoms with van der Waals surface area (Å²) in [5.74, 6) is -0.0478. The van der Waals surface area contributed by atoms with Crippen LogP contribution in [0.2, 0.25) is 0 Å². The molecular weight excluding hydrogens is 214 g/mol. The summed E-state index contributed by atoms with van der Waals surface area (Å²) in [5.41, 5.74) is 1.36. The number of aromatic amines is 1. The maximum atomic E-state index is 12.0. The number of fused-ring (bicyclic) bond motifs is 1. The largest absolute Gasteiger partial charge is 0.347 e. The molecule has 4 heteroatoms. The molecule has 17 heavy (non-hydrogen) atoms. The number of carbonyl (C=O) groups excluding carboxylic acids is 1. The zero-order valence-electron chi connectivity index (χ0n) is 10.4. The van der Waals surface area contributed by atoms with Crippen LogP contribution in [0.5, 0.6) is 0 Å².